The van der Waals surface area contributed by atoms with Crippen molar-refractivity contribution in [1.82, 2.24) is 5.32 Å². The Morgan fingerprint density at radius 1 is 1.22 bits per heavy atom. The molecule has 176 valence electrons. The van der Waals surface area contributed by atoms with Gasteiger partial charge in [-0.3, -0.25) is 4.79 Å². The molecular weight excluding hydrogens is 407 g/mol. The SMILES string of the molecule is CC[C@H]1C[C@H](NC(=O)C23CCC(c4ccc(OC/C(=C/F)CN)cc4)(CC2)CC3)CCO1. The molecule has 1 aromatic carbocycles. The lowest BCUT2D eigenvalue weighted by atomic mass is 9.51. The number of rotatable bonds is 8. The number of nitrogens with one attached hydrogen (secondary N) is 1. The molecule has 1 aromatic rings. The van der Waals surface area contributed by atoms with Crippen molar-refractivity contribution in [2.24, 2.45) is 11.1 Å². The van der Waals surface area contributed by atoms with Crippen molar-refractivity contribution in [1.29, 1.82) is 0 Å². The number of ether oxygens (including phenoxy) is 2. The number of nitrogens with two attached hydrogens (primary N) is 1. The second-order valence-corrected chi connectivity index (χ2v) is 9.94. The minimum atomic E-state index is -0.192. The summed E-state index contributed by atoms with van der Waals surface area (Å²) >= 11 is 0. The summed E-state index contributed by atoms with van der Waals surface area (Å²) < 4.78 is 24.1. The van der Waals surface area contributed by atoms with Crippen molar-refractivity contribution in [3.05, 3.63) is 41.7 Å². The maximum Gasteiger partial charge on any atom is 0.226 e. The molecule has 0 radical (unpaired) electrons. The number of fused-ring (bicyclic) bond motifs is 3. The van der Waals surface area contributed by atoms with Crippen LogP contribution in [0.25, 0.3) is 0 Å². The molecule has 6 heteroatoms. The van der Waals surface area contributed by atoms with Gasteiger partial charge in [-0.1, -0.05) is 19.1 Å². The molecule has 5 nitrogen and oxygen atoms in total. The van der Waals surface area contributed by atoms with Crippen LogP contribution in [0.3, 0.4) is 0 Å². The predicted molar refractivity (Wildman–Crippen MR) is 123 cm³/mol. The maximum absolute atomic E-state index is 13.3. The Labute approximate surface area is 190 Å². The van der Waals surface area contributed by atoms with Gasteiger partial charge in [-0.25, -0.2) is 4.39 Å². The smallest absolute Gasteiger partial charge is 0.226 e. The highest BCUT2D eigenvalue weighted by atomic mass is 19.1. The van der Waals surface area contributed by atoms with Gasteiger partial charge in [0.25, 0.3) is 0 Å². The van der Waals surface area contributed by atoms with Gasteiger partial charge in [-0.15, -0.1) is 0 Å². The van der Waals surface area contributed by atoms with E-state index in [-0.39, 0.29) is 42.0 Å². The lowest BCUT2D eigenvalue weighted by Crippen LogP contribution is -2.54. The minimum absolute atomic E-state index is 0.154. The van der Waals surface area contributed by atoms with E-state index in [1.165, 1.54) is 5.56 Å². The number of benzene rings is 1. The van der Waals surface area contributed by atoms with Gasteiger partial charge >= 0.3 is 0 Å². The highest BCUT2D eigenvalue weighted by Gasteiger charge is 2.53. The molecule has 4 fully saturated rings. The van der Waals surface area contributed by atoms with Crippen LogP contribution in [0, 0.1) is 5.41 Å². The van der Waals surface area contributed by atoms with Crippen LogP contribution in [0.2, 0.25) is 0 Å². The summed E-state index contributed by atoms with van der Waals surface area (Å²) in [6.45, 7) is 3.21. The van der Waals surface area contributed by atoms with E-state index in [0.717, 1.165) is 70.1 Å². The molecule has 1 amide bonds. The summed E-state index contributed by atoms with van der Waals surface area (Å²) in [5, 5.41) is 3.39. The zero-order chi connectivity index (χ0) is 22.6. The average Bonchev–Trinajstić information content (AvgIpc) is 2.86. The van der Waals surface area contributed by atoms with Crippen LogP contribution in [-0.4, -0.2) is 37.8 Å². The molecule has 3 aliphatic carbocycles. The van der Waals surface area contributed by atoms with Gasteiger partial charge in [0.2, 0.25) is 5.91 Å². The van der Waals surface area contributed by atoms with Crippen LogP contribution in [0.1, 0.15) is 70.3 Å². The lowest BCUT2D eigenvalue weighted by molar-refractivity contribution is -0.139. The molecule has 1 saturated heterocycles. The van der Waals surface area contributed by atoms with E-state index < -0.39 is 0 Å². The van der Waals surface area contributed by atoms with Gasteiger partial charge < -0.3 is 20.5 Å². The Morgan fingerprint density at radius 2 is 1.91 bits per heavy atom. The first kappa shape index (κ1) is 23.2. The molecule has 0 unspecified atom stereocenters. The Morgan fingerprint density at radius 3 is 2.50 bits per heavy atom. The maximum atomic E-state index is 13.3. The highest BCUT2D eigenvalue weighted by molar-refractivity contribution is 5.83. The van der Waals surface area contributed by atoms with E-state index in [2.05, 4.69) is 24.4 Å². The molecule has 1 aliphatic heterocycles. The standard InChI is InChI=1S/C26H37FN2O3/c1-2-22-15-21(7-14-31-22)29-24(30)26-11-8-25(9-12-26,10-13-26)20-3-5-23(6-4-20)32-18-19(16-27)17-28/h3-6,16,21-22H,2,7-15,17-18,28H2,1H3,(H,29,30)/b19-16+/t21-,22+,25?,26?/m1/s1. The number of carbonyl (C=O) groups excluding carboxylic acids is 1. The molecule has 2 atom stereocenters. The molecule has 0 spiro atoms. The van der Waals surface area contributed by atoms with E-state index in [9.17, 15) is 9.18 Å². The fourth-order valence-corrected chi connectivity index (χ4v) is 5.81. The van der Waals surface area contributed by atoms with Crippen LogP contribution >= 0.6 is 0 Å². The summed E-state index contributed by atoms with van der Waals surface area (Å²) in [4.78, 5) is 13.3. The van der Waals surface area contributed by atoms with E-state index in [4.69, 9.17) is 15.2 Å². The molecule has 32 heavy (non-hydrogen) atoms. The fraction of sp³-hybridized carbons (Fsp3) is 0.654. The Kier molecular flexibility index (Phi) is 7.21. The zero-order valence-corrected chi connectivity index (χ0v) is 19.2. The summed E-state index contributed by atoms with van der Waals surface area (Å²) in [7, 11) is 0. The Bertz CT molecular complexity index is 798. The third-order valence-electron chi connectivity index (χ3n) is 8.19. The van der Waals surface area contributed by atoms with Gasteiger partial charge in [-0.2, -0.15) is 0 Å². The third kappa shape index (κ3) is 4.72. The number of carbonyl (C=O) groups is 1. The van der Waals surface area contributed by atoms with Crippen molar-refractivity contribution < 1.29 is 18.7 Å². The summed E-state index contributed by atoms with van der Waals surface area (Å²) in [5.74, 6) is 0.994. The van der Waals surface area contributed by atoms with Gasteiger partial charge in [0.15, 0.2) is 0 Å². The van der Waals surface area contributed by atoms with Crippen LogP contribution < -0.4 is 15.8 Å². The molecule has 3 N–H and O–H groups in total. The van der Waals surface area contributed by atoms with Crippen molar-refractivity contribution in [3.8, 4) is 5.75 Å². The van der Waals surface area contributed by atoms with Crippen molar-refractivity contribution in [2.75, 3.05) is 19.8 Å². The highest BCUT2D eigenvalue weighted by Crippen LogP contribution is 2.58. The first-order valence-corrected chi connectivity index (χ1v) is 12.2. The van der Waals surface area contributed by atoms with Crippen LogP contribution in [0.5, 0.6) is 5.75 Å². The van der Waals surface area contributed by atoms with Crippen molar-refractivity contribution in [3.63, 3.8) is 0 Å². The summed E-state index contributed by atoms with van der Waals surface area (Å²) in [6, 6.07) is 8.47. The minimum Gasteiger partial charge on any atom is -0.489 e. The van der Waals surface area contributed by atoms with Crippen molar-refractivity contribution >= 4 is 5.91 Å². The van der Waals surface area contributed by atoms with E-state index in [1.54, 1.807) is 0 Å². The van der Waals surface area contributed by atoms with E-state index in [1.807, 2.05) is 12.1 Å². The normalized spacial score (nSPS) is 32.5. The van der Waals surface area contributed by atoms with Crippen LogP contribution in [-0.2, 0) is 14.9 Å². The molecule has 2 bridgehead atoms. The van der Waals surface area contributed by atoms with Crippen LogP contribution in [0.4, 0.5) is 4.39 Å². The van der Waals surface area contributed by atoms with Gasteiger partial charge in [-0.05, 0) is 80.9 Å². The second kappa shape index (κ2) is 9.92. The van der Waals surface area contributed by atoms with Crippen LogP contribution in [0.15, 0.2) is 36.2 Å². The number of hydrogen-bond acceptors (Lipinski definition) is 4. The second-order valence-electron chi connectivity index (χ2n) is 9.94. The van der Waals surface area contributed by atoms with E-state index in [0.29, 0.717) is 11.9 Å². The fourth-order valence-electron chi connectivity index (χ4n) is 5.81. The Hall–Kier alpha value is -1.92. The first-order chi connectivity index (χ1) is 15.5. The van der Waals surface area contributed by atoms with Gasteiger partial charge in [0, 0.05) is 30.2 Å². The summed E-state index contributed by atoms with van der Waals surface area (Å²) in [6.07, 6.45) is 9.67. The van der Waals surface area contributed by atoms with Gasteiger partial charge in [0.05, 0.1) is 12.4 Å². The van der Waals surface area contributed by atoms with Crippen molar-refractivity contribution in [2.45, 2.75) is 82.3 Å². The molecule has 3 saturated carbocycles. The first-order valence-electron chi connectivity index (χ1n) is 12.2. The number of hydrogen-bond donors (Lipinski definition) is 2. The number of amides is 1. The molecule has 5 rings (SSSR count). The quantitative estimate of drug-likeness (QED) is 0.617. The number of halogens is 1. The largest absolute Gasteiger partial charge is 0.489 e. The molecule has 1 heterocycles. The third-order valence-corrected chi connectivity index (χ3v) is 8.19. The predicted octanol–water partition coefficient (Wildman–Crippen LogP) is 4.54. The average molecular weight is 445 g/mol. The van der Waals surface area contributed by atoms with Gasteiger partial charge in [0.1, 0.15) is 12.4 Å². The molecular formula is C26H37FN2O3. The summed E-state index contributed by atoms with van der Waals surface area (Å²) in [5.41, 5.74) is 7.22. The zero-order valence-electron chi connectivity index (χ0n) is 19.2. The Balaban J connectivity index is 1.34. The monoisotopic (exact) mass is 444 g/mol. The van der Waals surface area contributed by atoms with E-state index >= 15 is 0 Å². The topological polar surface area (TPSA) is 73.6 Å². The lowest BCUT2D eigenvalue weighted by Gasteiger charge is -2.53. The molecule has 0 aromatic heterocycles. The molecule has 4 aliphatic rings.